The average molecular weight is 290 g/mol. The van der Waals surface area contributed by atoms with Gasteiger partial charge in [0.1, 0.15) is 0 Å². The largest absolute Gasteiger partial charge is 0.317 e. The third-order valence-corrected chi connectivity index (χ3v) is 5.72. The number of nitrogens with zero attached hydrogens (tertiary/aromatic N) is 1. The molecule has 4 nitrogen and oxygen atoms in total. The summed E-state index contributed by atoms with van der Waals surface area (Å²) in [5, 5.41) is 3.38. The topological polar surface area (TPSA) is 49.4 Å². The second-order valence-electron chi connectivity index (χ2n) is 5.93. The van der Waals surface area contributed by atoms with Gasteiger partial charge >= 0.3 is 0 Å². The molecule has 5 heteroatoms. The van der Waals surface area contributed by atoms with Gasteiger partial charge in [0.15, 0.2) is 9.84 Å². The van der Waals surface area contributed by atoms with Gasteiger partial charge < -0.3 is 5.32 Å². The van der Waals surface area contributed by atoms with Crippen molar-refractivity contribution in [2.24, 2.45) is 5.92 Å². The Labute approximate surface area is 118 Å². The lowest BCUT2D eigenvalue weighted by Gasteiger charge is -2.32. The molecule has 0 bridgehead atoms. The second kappa shape index (κ2) is 8.22. The molecule has 0 radical (unpaired) electrons. The summed E-state index contributed by atoms with van der Waals surface area (Å²) in [5.74, 6) is 1.36. The minimum Gasteiger partial charge on any atom is -0.317 e. The molecule has 0 unspecified atom stereocenters. The summed E-state index contributed by atoms with van der Waals surface area (Å²) in [7, 11) is -2.86. The van der Waals surface area contributed by atoms with Crippen LogP contribution in [0.3, 0.4) is 0 Å². The molecule has 1 saturated heterocycles. The van der Waals surface area contributed by atoms with Crippen LogP contribution in [-0.4, -0.2) is 57.0 Å². The van der Waals surface area contributed by atoms with Gasteiger partial charge in [-0.3, -0.25) is 4.90 Å². The maximum absolute atomic E-state index is 11.8. The van der Waals surface area contributed by atoms with Crippen LogP contribution in [0.4, 0.5) is 0 Å². The molecule has 19 heavy (non-hydrogen) atoms. The lowest BCUT2D eigenvalue weighted by atomic mass is 9.97. The van der Waals surface area contributed by atoms with E-state index in [1.807, 2.05) is 6.92 Å². The molecule has 0 amide bonds. The van der Waals surface area contributed by atoms with Crippen LogP contribution in [0.25, 0.3) is 0 Å². The molecule has 0 aliphatic carbocycles. The molecule has 0 saturated carbocycles. The van der Waals surface area contributed by atoms with Crippen LogP contribution in [0.5, 0.6) is 0 Å². The fraction of sp³-hybridized carbons (Fsp3) is 1.00. The van der Waals surface area contributed by atoms with Crippen molar-refractivity contribution in [2.75, 3.05) is 37.7 Å². The smallest absolute Gasteiger partial charge is 0.151 e. The fourth-order valence-corrected chi connectivity index (χ4v) is 3.96. The highest BCUT2D eigenvalue weighted by Gasteiger charge is 2.20. The van der Waals surface area contributed by atoms with Crippen LogP contribution < -0.4 is 5.32 Å². The predicted molar refractivity (Wildman–Crippen MR) is 81.2 cm³/mol. The quantitative estimate of drug-likeness (QED) is 0.736. The summed E-state index contributed by atoms with van der Waals surface area (Å²) in [6.07, 6.45) is 3.15. The number of sulfone groups is 1. The minimum atomic E-state index is -2.86. The van der Waals surface area contributed by atoms with Crippen molar-refractivity contribution in [1.82, 2.24) is 10.2 Å². The summed E-state index contributed by atoms with van der Waals surface area (Å²) in [6.45, 7) is 10.2. The first-order chi connectivity index (χ1) is 8.94. The molecule has 1 aliphatic rings. The normalized spacial score (nSPS) is 18.4. The Balaban J connectivity index is 2.44. The standard InChI is InChI=1S/C14H30N2O2S/c1-4-10-19(17,18)11-9-16(13(2)3)12-14-5-7-15-8-6-14/h13-15H,4-12H2,1-3H3. The molecule has 0 atom stereocenters. The average Bonchev–Trinajstić information content (AvgIpc) is 2.35. The van der Waals surface area contributed by atoms with Gasteiger partial charge in [0.2, 0.25) is 0 Å². The first kappa shape index (κ1) is 16.9. The summed E-state index contributed by atoms with van der Waals surface area (Å²) in [4.78, 5) is 2.34. The number of rotatable bonds is 8. The number of hydrogen-bond donors (Lipinski definition) is 1. The van der Waals surface area contributed by atoms with Crippen LogP contribution in [0.15, 0.2) is 0 Å². The summed E-state index contributed by atoms with van der Waals surface area (Å²) < 4.78 is 23.6. The lowest BCUT2D eigenvalue weighted by molar-refractivity contribution is 0.178. The Morgan fingerprint density at radius 1 is 1.21 bits per heavy atom. The van der Waals surface area contributed by atoms with Crippen LogP contribution in [-0.2, 0) is 9.84 Å². The van der Waals surface area contributed by atoms with E-state index >= 15 is 0 Å². The van der Waals surface area contributed by atoms with Crippen LogP contribution in [0.1, 0.15) is 40.0 Å². The molecule has 1 fully saturated rings. The van der Waals surface area contributed by atoms with Crippen LogP contribution >= 0.6 is 0 Å². The fourth-order valence-electron chi connectivity index (χ4n) is 2.63. The first-order valence-electron chi connectivity index (χ1n) is 7.59. The predicted octanol–water partition coefficient (Wildman–Crippen LogP) is 1.52. The Hall–Kier alpha value is -0.130. The third-order valence-electron chi connectivity index (χ3n) is 3.89. The Morgan fingerprint density at radius 3 is 2.37 bits per heavy atom. The Bertz CT molecular complexity index is 335. The first-order valence-corrected chi connectivity index (χ1v) is 9.42. The molecule has 1 rings (SSSR count). The zero-order valence-corrected chi connectivity index (χ0v) is 13.5. The van der Waals surface area contributed by atoms with Gasteiger partial charge in [0.05, 0.1) is 5.75 Å². The molecule has 1 N–H and O–H groups in total. The molecule has 0 aromatic carbocycles. The Morgan fingerprint density at radius 2 is 1.84 bits per heavy atom. The van der Waals surface area contributed by atoms with Crippen molar-refractivity contribution in [3.63, 3.8) is 0 Å². The minimum absolute atomic E-state index is 0.310. The molecule has 1 aliphatic heterocycles. The molecule has 0 aromatic heterocycles. The molecule has 0 spiro atoms. The maximum Gasteiger partial charge on any atom is 0.151 e. The molecular weight excluding hydrogens is 260 g/mol. The van der Waals surface area contributed by atoms with Crippen molar-refractivity contribution in [1.29, 1.82) is 0 Å². The zero-order valence-electron chi connectivity index (χ0n) is 12.7. The van der Waals surface area contributed by atoms with E-state index in [1.54, 1.807) is 0 Å². The van der Waals surface area contributed by atoms with Crippen molar-refractivity contribution >= 4 is 9.84 Å². The highest BCUT2D eigenvalue weighted by atomic mass is 32.2. The molecular formula is C14H30N2O2S. The number of nitrogens with one attached hydrogen (secondary N) is 1. The Kier molecular flexibility index (Phi) is 7.32. The number of hydrogen-bond acceptors (Lipinski definition) is 4. The van der Waals surface area contributed by atoms with Gasteiger partial charge in [-0.15, -0.1) is 0 Å². The van der Waals surface area contributed by atoms with Gasteiger partial charge in [-0.05, 0) is 52.1 Å². The molecule has 0 aromatic rings. The van der Waals surface area contributed by atoms with E-state index in [1.165, 1.54) is 12.8 Å². The van der Waals surface area contributed by atoms with E-state index in [9.17, 15) is 8.42 Å². The van der Waals surface area contributed by atoms with E-state index in [-0.39, 0.29) is 0 Å². The highest BCUT2D eigenvalue weighted by molar-refractivity contribution is 7.91. The van der Waals surface area contributed by atoms with Crippen LogP contribution in [0, 0.1) is 5.92 Å². The summed E-state index contributed by atoms with van der Waals surface area (Å²) in [5.41, 5.74) is 0. The van der Waals surface area contributed by atoms with Gasteiger partial charge in [0, 0.05) is 24.9 Å². The van der Waals surface area contributed by atoms with E-state index in [4.69, 9.17) is 0 Å². The van der Waals surface area contributed by atoms with Crippen molar-refractivity contribution < 1.29 is 8.42 Å². The zero-order chi connectivity index (χ0) is 14.3. The van der Waals surface area contributed by atoms with Crippen molar-refractivity contribution in [3.8, 4) is 0 Å². The maximum atomic E-state index is 11.8. The number of piperidine rings is 1. The second-order valence-corrected chi connectivity index (χ2v) is 8.24. The van der Waals surface area contributed by atoms with E-state index in [2.05, 4.69) is 24.1 Å². The lowest BCUT2D eigenvalue weighted by Crippen LogP contribution is -2.41. The van der Waals surface area contributed by atoms with Gasteiger partial charge in [-0.2, -0.15) is 0 Å². The monoisotopic (exact) mass is 290 g/mol. The van der Waals surface area contributed by atoms with Gasteiger partial charge in [0.25, 0.3) is 0 Å². The molecule has 1 heterocycles. The SMILES string of the molecule is CCCS(=O)(=O)CCN(CC1CCNCC1)C(C)C. The molecule has 114 valence electrons. The summed E-state index contributed by atoms with van der Waals surface area (Å²) in [6, 6.07) is 0.423. The van der Waals surface area contributed by atoms with Crippen molar-refractivity contribution in [2.45, 2.75) is 46.1 Å². The van der Waals surface area contributed by atoms with E-state index < -0.39 is 9.84 Å². The highest BCUT2D eigenvalue weighted by Crippen LogP contribution is 2.15. The van der Waals surface area contributed by atoms with Crippen molar-refractivity contribution in [3.05, 3.63) is 0 Å². The van der Waals surface area contributed by atoms with Crippen LogP contribution in [0.2, 0.25) is 0 Å². The van der Waals surface area contributed by atoms with Gasteiger partial charge in [-0.25, -0.2) is 8.42 Å². The van der Waals surface area contributed by atoms with E-state index in [0.717, 1.165) is 32.0 Å². The van der Waals surface area contributed by atoms with Gasteiger partial charge in [-0.1, -0.05) is 6.92 Å². The summed E-state index contributed by atoms with van der Waals surface area (Å²) >= 11 is 0. The third kappa shape index (κ3) is 6.72. The van der Waals surface area contributed by atoms with E-state index in [0.29, 0.717) is 24.1 Å².